The molecule has 2 aromatic heterocycles. The summed E-state index contributed by atoms with van der Waals surface area (Å²) in [6.45, 7) is 0. The molecule has 7 heteroatoms. The molecular weight excluding hydrogens is 250 g/mol. The summed E-state index contributed by atoms with van der Waals surface area (Å²) in [5, 5.41) is 6.60. The molecular formula is C11H11N5OS. The van der Waals surface area contributed by atoms with Crippen molar-refractivity contribution in [2.75, 3.05) is 5.32 Å². The number of hydrogen-bond donors (Lipinski definition) is 2. The normalized spacial score (nSPS) is 14.2. The maximum atomic E-state index is 11.8. The highest BCUT2D eigenvalue weighted by Crippen LogP contribution is 2.23. The van der Waals surface area contributed by atoms with E-state index in [9.17, 15) is 4.79 Å². The minimum Gasteiger partial charge on any atom is -0.349 e. The van der Waals surface area contributed by atoms with Crippen molar-refractivity contribution >= 4 is 28.2 Å². The van der Waals surface area contributed by atoms with E-state index < -0.39 is 0 Å². The number of nitrogens with zero attached hydrogens (tertiary/aromatic N) is 3. The minimum absolute atomic E-state index is 0.0502. The van der Waals surface area contributed by atoms with Gasteiger partial charge in [-0.1, -0.05) is 11.3 Å². The van der Waals surface area contributed by atoms with E-state index in [2.05, 4.69) is 25.6 Å². The van der Waals surface area contributed by atoms with Gasteiger partial charge in [0.2, 0.25) is 0 Å². The number of rotatable bonds is 4. The molecule has 0 radical (unpaired) electrons. The Morgan fingerprint density at radius 2 is 2.28 bits per heavy atom. The molecule has 1 aliphatic carbocycles. The first-order valence-corrected chi connectivity index (χ1v) is 6.42. The third-order valence-corrected chi connectivity index (χ3v) is 3.37. The van der Waals surface area contributed by atoms with E-state index in [1.165, 1.54) is 17.7 Å². The topological polar surface area (TPSA) is 79.8 Å². The zero-order valence-corrected chi connectivity index (χ0v) is 10.3. The van der Waals surface area contributed by atoms with Crippen LogP contribution in [0.15, 0.2) is 24.8 Å². The largest absolute Gasteiger partial charge is 0.349 e. The van der Waals surface area contributed by atoms with Gasteiger partial charge in [0, 0.05) is 12.2 Å². The standard InChI is InChI=1S/C11H11N5OS/c17-10(15-7-1-2-7)8-5-13-11(18-8)16-9-3-4-12-6-14-9/h3-7H,1-2H2,(H,15,17)(H,12,13,14,16). The average molecular weight is 261 g/mol. The van der Waals surface area contributed by atoms with E-state index in [0.717, 1.165) is 12.8 Å². The Bertz CT molecular complexity index is 552. The van der Waals surface area contributed by atoms with Crippen LogP contribution in [0.4, 0.5) is 10.9 Å². The molecule has 2 heterocycles. The van der Waals surface area contributed by atoms with E-state index in [4.69, 9.17) is 0 Å². The monoisotopic (exact) mass is 261 g/mol. The van der Waals surface area contributed by atoms with Crippen molar-refractivity contribution in [3.8, 4) is 0 Å². The first-order chi connectivity index (χ1) is 8.81. The van der Waals surface area contributed by atoms with Gasteiger partial charge in [0.25, 0.3) is 5.91 Å². The number of aromatic nitrogens is 3. The number of carbonyl (C=O) groups is 1. The van der Waals surface area contributed by atoms with Crippen LogP contribution >= 0.6 is 11.3 Å². The molecule has 0 aromatic carbocycles. The van der Waals surface area contributed by atoms with E-state index in [0.29, 0.717) is 21.9 Å². The Labute approximate surface area is 108 Å². The highest BCUT2D eigenvalue weighted by atomic mass is 32.1. The number of thiazole rings is 1. The number of nitrogens with one attached hydrogen (secondary N) is 2. The summed E-state index contributed by atoms with van der Waals surface area (Å²) in [7, 11) is 0. The van der Waals surface area contributed by atoms with Crippen molar-refractivity contribution in [2.45, 2.75) is 18.9 Å². The molecule has 3 rings (SSSR count). The quantitative estimate of drug-likeness (QED) is 0.873. The minimum atomic E-state index is -0.0502. The molecule has 18 heavy (non-hydrogen) atoms. The van der Waals surface area contributed by atoms with Crippen LogP contribution in [-0.4, -0.2) is 26.9 Å². The van der Waals surface area contributed by atoms with Gasteiger partial charge < -0.3 is 10.6 Å². The maximum Gasteiger partial charge on any atom is 0.263 e. The Balaban J connectivity index is 1.67. The lowest BCUT2D eigenvalue weighted by Gasteiger charge is -1.99. The van der Waals surface area contributed by atoms with Gasteiger partial charge in [0.05, 0.1) is 6.20 Å². The predicted octanol–water partition coefficient (Wildman–Crippen LogP) is 1.57. The Kier molecular flexibility index (Phi) is 2.89. The highest BCUT2D eigenvalue weighted by Gasteiger charge is 2.24. The molecule has 0 aliphatic heterocycles. The summed E-state index contributed by atoms with van der Waals surface area (Å²) >= 11 is 1.31. The van der Waals surface area contributed by atoms with Gasteiger partial charge in [-0.3, -0.25) is 4.79 Å². The SMILES string of the molecule is O=C(NC1CC1)c1cnc(Nc2ccncn2)s1. The van der Waals surface area contributed by atoms with E-state index >= 15 is 0 Å². The van der Waals surface area contributed by atoms with Crippen molar-refractivity contribution in [3.05, 3.63) is 29.7 Å². The zero-order chi connectivity index (χ0) is 12.4. The summed E-state index contributed by atoms with van der Waals surface area (Å²) in [4.78, 5) is 24.4. The van der Waals surface area contributed by atoms with Crippen LogP contribution in [-0.2, 0) is 0 Å². The fourth-order valence-electron chi connectivity index (χ4n) is 1.40. The van der Waals surface area contributed by atoms with Gasteiger partial charge in [0.1, 0.15) is 17.0 Å². The third-order valence-electron chi connectivity index (χ3n) is 2.46. The van der Waals surface area contributed by atoms with Crippen LogP contribution in [0.3, 0.4) is 0 Å². The summed E-state index contributed by atoms with van der Waals surface area (Å²) in [5.41, 5.74) is 0. The molecule has 0 saturated heterocycles. The van der Waals surface area contributed by atoms with Gasteiger partial charge >= 0.3 is 0 Å². The van der Waals surface area contributed by atoms with Gasteiger partial charge in [-0.05, 0) is 18.9 Å². The molecule has 0 spiro atoms. The summed E-state index contributed by atoms with van der Waals surface area (Å²) in [6, 6.07) is 2.10. The molecule has 0 atom stereocenters. The lowest BCUT2D eigenvalue weighted by molar-refractivity contribution is 0.0955. The number of hydrogen-bond acceptors (Lipinski definition) is 6. The van der Waals surface area contributed by atoms with Crippen LogP contribution in [0.1, 0.15) is 22.5 Å². The summed E-state index contributed by atoms with van der Waals surface area (Å²) < 4.78 is 0. The fourth-order valence-corrected chi connectivity index (χ4v) is 2.12. The predicted molar refractivity (Wildman–Crippen MR) is 67.9 cm³/mol. The molecule has 0 bridgehead atoms. The van der Waals surface area contributed by atoms with Crippen LogP contribution in [0.25, 0.3) is 0 Å². The molecule has 1 amide bonds. The van der Waals surface area contributed by atoms with Crippen molar-refractivity contribution in [1.29, 1.82) is 0 Å². The molecule has 2 aromatic rings. The molecule has 92 valence electrons. The smallest absolute Gasteiger partial charge is 0.263 e. The highest BCUT2D eigenvalue weighted by molar-refractivity contribution is 7.17. The Morgan fingerprint density at radius 3 is 3.00 bits per heavy atom. The molecule has 2 N–H and O–H groups in total. The Hall–Kier alpha value is -2.02. The second-order valence-corrected chi connectivity index (χ2v) is 5.03. The summed E-state index contributed by atoms with van der Waals surface area (Å²) in [6.07, 6.45) is 6.83. The maximum absolute atomic E-state index is 11.8. The van der Waals surface area contributed by atoms with Crippen molar-refractivity contribution < 1.29 is 4.79 Å². The zero-order valence-electron chi connectivity index (χ0n) is 9.46. The number of anilines is 2. The molecule has 1 saturated carbocycles. The van der Waals surface area contributed by atoms with Gasteiger partial charge in [0.15, 0.2) is 5.13 Å². The Morgan fingerprint density at radius 1 is 1.39 bits per heavy atom. The van der Waals surface area contributed by atoms with Gasteiger partial charge in [-0.25, -0.2) is 15.0 Å². The molecule has 0 unspecified atom stereocenters. The molecule has 1 fully saturated rings. The lowest BCUT2D eigenvalue weighted by Crippen LogP contribution is -2.24. The van der Waals surface area contributed by atoms with Crippen LogP contribution in [0.5, 0.6) is 0 Å². The summed E-state index contributed by atoms with van der Waals surface area (Å²) in [5.74, 6) is 0.610. The second kappa shape index (κ2) is 4.69. The van der Waals surface area contributed by atoms with E-state index in [1.54, 1.807) is 18.5 Å². The van der Waals surface area contributed by atoms with E-state index in [1.807, 2.05) is 0 Å². The first-order valence-electron chi connectivity index (χ1n) is 5.61. The van der Waals surface area contributed by atoms with E-state index in [-0.39, 0.29) is 5.91 Å². The van der Waals surface area contributed by atoms with Crippen molar-refractivity contribution in [3.63, 3.8) is 0 Å². The third kappa shape index (κ3) is 2.62. The first kappa shape index (κ1) is 11.1. The number of carbonyl (C=O) groups excluding carboxylic acids is 1. The van der Waals surface area contributed by atoms with Gasteiger partial charge in [-0.15, -0.1) is 0 Å². The lowest BCUT2D eigenvalue weighted by atomic mass is 10.5. The molecule has 6 nitrogen and oxygen atoms in total. The van der Waals surface area contributed by atoms with Crippen LogP contribution < -0.4 is 10.6 Å². The van der Waals surface area contributed by atoms with Crippen LogP contribution in [0, 0.1) is 0 Å². The van der Waals surface area contributed by atoms with Gasteiger partial charge in [-0.2, -0.15) is 0 Å². The molecule has 1 aliphatic rings. The van der Waals surface area contributed by atoms with Crippen molar-refractivity contribution in [1.82, 2.24) is 20.3 Å². The number of amides is 1. The average Bonchev–Trinajstić information content (AvgIpc) is 3.07. The van der Waals surface area contributed by atoms with Crippen molar-refractivity contribution in [2.24, 2.45) is 0 Å². The van der Waals surface area contributed by atoms with Crippen LogP contribution in [0.2, 0.25) is 0 Å². The second-order valence-electron chi connectivity index (χ2n) is 4.00. The fraction of sp³-hybridized carbons (Fsp3) is 0.273.